The van der Waals surface area contributed by atoms with Crippen molar-refractivity contribution in [2.24, 2.45) is 5.92 Å². The zero-order valence-corrected chi connectivity index (χ0v) is 11.1. The summed E-state index contributed by atoms with van der Waals surface area (Å²) in [7, 11) is 1.71. The molecule has 2 aliphatic rings. The topological polar surface area (TPSA) is 61.4 Å². The van der Waals surface area contributed by atoms with Gasteiger partial charge >= 0.3 is 0 Å². The van der Waals surface area contributed by atoms with Crippen molar-refractivity contribution in [2.75, 3.05) is 26.7 Å². The Morgan fingerprint density at radius 1 is 1.33 bits per heavy atom. The lowest BCUT2D eigenvalue weighted by molar-refractivity contribution is -0.135. The predicted molar refractivity (Wildman–Crippen MR) is 69.0 cm³/mol. The molecule has 102 valence electrons. The van der Waals surface area contributed by atoms with Crippen molar-refractivity contribution >= 4 is 11.8 Å². The molecule has 0 bridgehead atoms. The average Bonchev–Trinajstić information content (AvgIpc) is 3.14. The van der Waals surface area contributed by atoms with Crippen LogP contribution in [0.3, 0.4) is 0 Å². The van der Waals surface area contributed by atoms with Gasteiger partial charge in [0, 0.05) is 19.5 Å². The van der Waals surface area contributed by atoms with Gasteiger partial charge in [-0.15, -0.1) is 0 Å². The number of carbonyl (C=O) groups excluding carboxylic acids is 2. The molecule has 2 N–H and O–H groups in total. The number of amides is 2. The summed E-state index contributed by atoms with van der Waals surface area (Å²) in [5.74, 6) is 0.477. The zero-order chi connectivity index (χ0) is 13.0. The fourth-order valence-corrected chi connectivity index (χ4v) is 2.31. The first kappa shape index (κ1) is 13.3. The van der Waals surface area contributed by atoms with Gasteiger partial charge in [0.05, 0.1) is 6.54 Å². The molecule has 0 aromatic rings. The van der Waals surface area contributed by atoms with Gasteiger partial charge < -0.3 is 15.5 Å². The Morgan fingerprint density at radius 2 is 2.11 bits per heavy atom. The van der Waals surface area contributed by atoms with E-state index in [9.17, 15) is 9.59 Å². The third-order valence-corrected chi connectivity index (χ3v) is 3.61. The summed E-state index contributed by atoms with van der Waals surface area (Å²) in [5.41, 5.74) is 0. The molecule has 1 aliphatic carbocycles. The summed E-state index contributed by atoms with van der Waals surface area (Å²) in [4.78, 5) is 25.1. The van der Waals surface area contributed by atoms with Crippen LogP contribution in [-0.4, -0.2) is 49.4 Å². The van der Waals surface area contributed by atoms with Gasteiger partial charge in [0.2, 0.25) is 11.8 Å². The maximum Gasteiger partial charge on any atom is 0.239 e. The second-order valence-electron chi connectivity index (χ2n) is 5.51. The van der Waals surface area contributed by atoms with Crippen molar-refractivity contribution in [1.82, 2.24) is 15.5 Å². The molecule has 0 aromatic carbocycles. The van der Waals surface area contributed by atoms with E-state index in [2.05, 4.69) is 10.6 Å². The summed E-state index contributed by atoms with van der Waals surface area (Å²) in [5, 5.41) is 6.20. The molecule has 1 unspecified atom stereocenters. The van der Waals surface area contributed by atoms with E-state index in [4.69, 9.17) is 0 Å². The molecule has 0 radical (unpaired) electrons. The summed E-state index contributed by atoms with van der Waals surface area (Å²) in [6.45, 7) is 2.17. The second-order valence-corrected chi connectivity index (χ2v) is 5.51. The van der Waals surface area contributed by atoms with E-state index in [1.54, 1.807) is 11.9 Å². The van der Waals surface area contributed by atoms with Crippen LogP contribution in [0.1, 0.15) is 32.1 Å². The Bertz CT molecular complexity index is 309. The van der Waals surface area contributed by atoms with Crippen molar-refractivity contribution < 1.29 is 9.59 Å². The number of piperidine rings is 1. The van der Waals surface area contributed by atoms with Crippen LogP contribution in [0.5, 0.6) is 0 Å². The number of carbonyl (C=O) groups is 2. The first-order valence-corrected chi connectivity index (χ1v) is 6.89. The lowest BCUT2D eigenvalue weighted by Crippen LogP contribution is -2.41. The minimum atomic E-state index is -0.0323. The molecule has 1 aliphatic heterocycles. The van der Waals surface area contributed by atoms with Gasteiger partial charge in [-0.2, -0.15) is 0 Å². The van der Waals surface area contributed by atoms with Crippen LogP contribution in [0, 0.1) is 5.92 Å². The minimum absolute atomic E-state index is 0.0323. The van der Waals surface area contributed by atoms with E-state index in [1.807, 2.05) is 0 Å². The van der Waals surface area contributed by atoms with Gasteiger partial charge in [-0.3, -0.25) is 9.59 Å². The molecular formula is C13H23N3O2. The number of rotatable bonds is 5. The summed E-state index contributed by atoms with van der Waals surface area (Å²) < 4.78 is 0. The van der Waals surface area contributed by atoms with E-state index in [-0.39, 0.29) is 18.4 Å². The maximum atomic E-state index is 12.0. The molecule has 2 rings (SSSR count). The monoisotopic (exact) mass is 253 g/mol. The molecular weight excluding hydrogens is 230 g/mol. The molecule has 5 nitrogen and oxygen atoms in total. The molecule has 1 heterocycles. The fraction of sp³-hybridized carbons (Fsp3) is 0.846. The maximum absolute atomic E-state index is 12.0. The van der Waals surface area contributed by atoms with E-state index in [0.717, 1.165) is 38.8 Å². The predicted octanol–water partition coefficient (Wildman–Crippen LogP) is 0.113. The van der Waals surface area contributed by atoms with Crippen LogP contribution in [0.2, 0.25) is 0 Å². The van der Waals surface area contributed by atoms with Crippen LogP contribution < -0.4 is 10.6 Å². The minimum Gasteiger partial charge on any atom is -0.352 e. The van der Waals surface area contributed by atoms with Gasteiger partial charge in [0.15, 0.2) is 0 Å². The van der Waals surface area contributed by atoms with Crippen molar-refractivity contribution in [3.05, 3.63) is 0 Å². The quantitative estimate of drug-likeness (QED) is 0.731. The van der Waals surface area contributed by atoms with Gasteiger partial charge in [0.25, 0.3) is 0 Å². The molecule has 18 heavy (non-hydrogen) atoms. The van der Waals surface area contributed by atoms with E-state index >= 15 is 0 Å². The number of hydrogen-bond acceptors (Lipinski definition) is 3. The van der Waals surface area contributed by atoms with Gasteiger partial charge in [-0.25, -0.2) is 0 Å². The fourth-order valence-electron chi connectivity index (χ4n) is 2.31. The Morgan fingerprint density at radius 3 is 2.72 bits per heavy atom. The molecule has 1 atom stereocenters. The first-order chi connectivity index (χ1) is 8.65. The largest absolute Gasteiger partial charge is 0.352 e. The molecule has 0 spiro atoms. The van der Waals surface area contributed by atoms with Crippen LogP contribution in [-0.2, 0) is 9.59 Å². The van der Waals surface area contributed by atoms with Crippen molar-refractivity contribution in [3.63, 3.8) is 0 Å². The molecule has 2 amide bonds. The lowest BCUT2D eigenvalue weighted by atomic mass is 9.96. The highest BCUT2D eigenvalue weighted by Crippen LogP contribution is 2.18. The third kappa shape index (κ3) is 4.29. The number of likely N-dealkylation sites (N-methyl/N-ethyl adjacent to an activating group) is 1. The molecule has 1 saturated heterocycles. The Labute approximate surface area is 108 Å². The van der Waals surface area contributed by atoms with Crippen molar-refractivity contribution in [3.8, 4) is 0 Å². The molecule has 5 heteroatoms. The highest BCUT2D eigenvalue weighted by atomic mass is 16.2. The van der Waals surface area contributed by atoms with Crippen molar-refractivity contribution in [1.29, 1.82) is 0 Å². The van der Waals surface area contributed by atoms with Crippen LogP contribution in [0.15, 0.2) is 0 Å². The van der Waals surface area contributed by atoms with Crippen LogP contribution >= 0.6 is 0 Å². The third-order valence-electron chi connectivity index (χ3n) is 3.61. The normalized spacial score (nSPS) is 23.5. The van der Waals surface area contributed by atoms with Gasteiger partial charge in [0.1, 0.15) is 0 Å². The SMILES string of the molecule is CN(CC(=O)NC1CC1)C(=O)CC1CCCNC1. The Balaban J connectivity index is 1.67. The summed E-state index contributed by atoms with van der Waals surface area (Å²) in [6, 6.07) is 0.364. The number of hydrogen-bond donors (Lipinski definition) is 2. The van der Waals surface area contributed by atoms with Gasteiger partial charge in [-0.1, -0.05) is 0 Å². The van der Waals surface area contributed by atoms with Crippen molar-refractivity contribution in [2.45, 2.75) is 38.1 Å². The second kappa shape index (κ2) is 6.18. The van der Waals surface area contributed by atoms with Crippen LogP contribution in [0.25, 0.3) is 0 Å². The number of nitrogens with one attached hydrogen (secondary N) is 2. The highest BCUT2D eigenvalue weighted by molar-refractivity contribution is 5.85. The van der Waals surface area contributed by atoms with Gasteiger partial charge in [-0.05, 0) is 44.7 Å². The summed E-state index contributed by atoms with van der Waals surface area (Å²) >= 11 is 0. The Hall–Kier alpha value is -1.10. The van der Waals surface area contributed by atoms with E-state index in [1.165, 1.54) is 0 Å². The molecule has 2 fully saturated rings. The number of nitrogens with zero attached hydrogens (tertiary/aromatic N) is 1. The van der Waals surface area contributed by atoms with Crippen LogP contribution in [0.4, 0.5) is 0 Å². The average molecular weight is 253 g/mol. The smallest absolute Gasteiger partial charge is 0.239 e. The summed E-state index contributed by atoms with van der Waals surface area (Å²) in [6.07, 6.45) is 4.97. The first-order valence-electron chi connectivity index (χ1n) is 6.89. The lowest BCUT2D eigenvalue weighted by Gasteiger charge is -2.24. The molecule has 0 aromatic heterocycles. The zero-order valence-electron chi connectivity index (χ0n) is 11.1. The van der Waals surface area contributed by atoms with E-state index in [0.29, 0.717) is 18.4 Å². The molecule has 1 saturated carbocycles. The Kier molecular flexibility index (Phi) is 4.58. The highest BCUT2D eigenvalue weighted by Gasteiger charge is 2.25. The standard InChI is InChI=1S/C13H23N3O2/c1-16(9-12(17)15-11-4-5-11)13(18)7-10-3-2-6-14-8-10/h10-11,14H,2-9H2,1H3,(H,15,17). The van der Waals surface area contributed by atoms with E-state index < -0.39 is 0 Å².